The average Bonchev–Trinajstić information content (AvgIpc) is 2.92. The van der Waals surface area contributed by atoms with Gasteiger partial charge in [0.05, 0.1) is 23.9 Å². The lowest BCUT2D eigenvalue weighted by molar-refractivity contribution is -0.163. The van der Waals surface area contributed by atoms with Gasteiger partial charge in [0.1, 0.15) is 5.70 Å². The van der Waals surface area contributed by atoms with Crippen LogP contribution in [0.1, 0.15) is 39.5 Å². The topological polar surface area (TPSA) is 119 Å². The Balaban J connectivity index is 1.37. The number of amides is 1. The number of aliphatic imine (C=N–C) groups is 1. The number of β-lactam (4-membered cyclic amide) rings is 1. The first-order valence-electron chi connectivity index (χ1n) is 10.9. The van der Waals surface area contributed by atoms with Crippen LogP contribution >= 0.6 is 11.8 Å². The molecule has 0 aliphatic carbocycles. The summed E-state index contributed by atoms with van der Waals surface area (Å²) >= 11 is 1.64. The summed E-state index contributed by atoms with van der Waals surface area (Å²) in [5.41, 5.74) is 6.03. The Kier molecular flexibility index (Phi) is 6.14. The number of likely N-dealkylation sites (tertiary alicyclic amines) is 1. The SMILES string of the molecule is C[C@@H](O)[C@H]1C(=O)N2C(C(=O)O)=C(SC3CCN(CC4CCN=C(N)C4)CC3)[C@H](C)[C@H]12. The van der Waals surface area contributed by atoms with Crippen LogP contribution in [-0.2, 0) is 9.59 Å². The van der Waals surface area contributed by atoms with Gasteiger partial charge in [-0.05, 0) is 45.2 Å². The predicted octanol–water partition coefficient (Wildman–Crippen LogP) is 1.10. The zero-order valence-corrected chi connectivity index (χ0v) is 18.5. The molecule has 0 bridgehead atoms. The van der Waals surface area contributed by atoms with Gasteiger partial charge in [0, 0.05) is 35.6 Å². The fraction of sp³-hybridized carbons (Fsp3) is 0.762. The molecule has 0 spiro atoms. The molecule has 0 saturated carbocycles. The summed E-state index contributed by atoms with van der Waals surface area (Å²) in [4.78, 5) is 33.4. The minimum atomic E-state index is -1.04. The molecule has 0 aromatic rings. The number of piperidine rings is 1. The highest BCUT2D eigenvalue weighted by molar-refractivity contribution is 8.03. The van der Waals surface area contributed by atoms with E-state index >= 15 is 0 Å². The van der Waals surface area contributed by atoms with E-state index in [-0.39, 0.29) is 23.6 Å². The van der Waals surface area contributed by atoms with E-state index in [1.807, 2.05) is 6.92 Å². The molecule has 166 valence electrons. The molecule has 0 radical (unpaired) electrons. The van der Waals surface area contributed by atoms with Crippen molar-refractivity contribution >= 4 is 29.5 Å². The second-order valence-electron chi connectivity index (χ2n) is 9.12. The third-order valence-corrected chi connectivity index (χ3v) is 8.63. The lowest BCUT2D eigenvalue weighted by atomic mass is 9.79. The number of amidine groups is 1. The Bertz CT molecular complexity index is 775. The quantitative estimate of drug-likeness (QED) is 0.534. The highest BCUT2D eigenvalue weighted by Crippen LogP contribution is 2.52. The maximum atomic E-state index is 12.5. The fourth-order valence-corrected chi connectivity index (χ4v) is 6.90. The Morgan fingerprint density at radius 2 is 2.03 bits per heavy atom. The summed E-state index contributed by atoms with van der Waals surface area (Å²) in [6, 6.07) is -0.232. The van der Waals surface area contributed by atoms with E-state index < -0.39 is 18.0 Å². The van der Waals surface area contributed by atoms with E-state index in [2.05, 4.69) is 9.89 Å². The molecule has 4 heterocycles. The first-order valence-corrected chi connectivity index (χ1v) is 11.8. The van der Waals surface area contributed by atoms with Gasteiger partial charge >= 0.3 is 5.97 Å². The van der Waals surface area contributed by atoms with Crippen molar-refractivity contribution in [2.75, 3.05) is 26.2 Å². The van der Waals surface area contributed by atoms with Gasteiger partial charge in [-0.1, -0.05) is 6.92 Å². The van der Waals surface area contributed by atoms with Crippen LogP contribution in [0.25, 0.3) is 0 Å². The van der Waals surface area contributed by atoms with E-state index in [1.54, 1.807) is 18.7 Å². The molecule has 0 aromatic carbocycles. The molecular weight excluding hydrogens is 404 g/mol. The fourth-order valence-electron chi connectivity index (χ4n) is 5.44. The number of aliphatic hydroxyl groups excluding tert-OH is 1. The number of carboxylic acids is 1. The molecule has 30 heavy (non-hydrogen) atoms. The van der Waals surface area contributed by atoms with Crippen LogP contribution in [0.15, 0.2) is 15.6 Å². The second kappa shape index (κ2) is 8.51. The highest BCUT2D eigenvalue weighted by Gasteiger charge is 2.60. The number of carbonyl (C=O) groups is 2. The minimum absolute atomic E-state index is 0.0547. The monoisotopic (exact) mass is 436 g/mol. The van der Waals surface area contributed by atoms with E-state index in [4.69, 9.17) is 5.73 Å². The molecule has 8 nitrogen and oxygen atoms in total. The molecule has 1 amide bonds. The van der Waals surface area contributed by atoms with E-state index in [0.29, 0.717) is 11.2 Å². The van der Waals surface area contributed by atoms with Crippen LogP contribution in [0.2, 0.25) is 0 Å². The first-order chi connectivity index (χ1) is 14.3. The number of carboxylic acid groups (broad SMARTS) is 1. The van der Waals surface area contributed by atoms with Crippen molar-refractivity contribution in [1.82, 2.24) is 9.80 Å². The van der Waals surface area contributed by atoms with E-state index in [1.165, 1.54) is 4.90 Å². The molecule has 4 aliphatic heterocycles. The number of nitrogens with two attached hydrogens (primary N) is 1. The second-order valence-corrected chi connectivity index (χ2v) is 10.5. The normalized spacial score (nSPS) is 33.9. The maximum Gasteiger partial charge on any atom is 0.353 e. The van der Waals surface area contributed by atoms with Gasteiger partial charge in [0.25, 0.3) is 0 Å². The van der Waals surface area contributed by atoms with Crippen LogP contribution in [0, 0.1) is 17.8 Å². The Morgan fingerprint density at radius 1 is 1.33 bits per heavy atom. The van der Waals surface area contributed by atoms with E-state index in [0.717, 1.165) is 62.6 Å². The van der Waals surface area contributed by atoms with Crippen LogP contribution < -0.4 is 5.73 Å². The van der Waals surface area contributed by atoms with Crippen LogP contribution in [0.5, 0.6) is 0 Å². The van der Waals surface area contributed by atoms with Crippen molar-refractivity contribution in [3.05, 3.63) is 10.6 Å². The van der Waals surface area contributed by atoms with Gasteiger partial charge in [-0.2, -0.15) is 0 Å². The van der Waals surface area contributed by atoms with Crippen molar-refractivity contribution in [2.45, 2.75) is 56.9 Å². The summed E-state index contributed by atoms with van der Waals surface area (Å²) in [5, 5.41) is 20.1. The molecule has 4 aliphatic rings. The number of aliphatic carboxylic acids is 1. The number of fused-ring (bicyclic) bond motifs is 1. The van der Waals surface area contributed by atoms with Gasteiger partial charge in [0.2, 0.25) is 5.91 Å². The van der Waals surface area contributed by atoms with Crippen molar-refractivity contribution in [2.24, 2.45) is 28.5 Å². The lowest BCUT2D eigenvalue weighted by Gasteiger charge is -2.46. The number of carbonyl (C=O) groups excluding carboxylic acids is 1. The van der Waals surface area contributed by atoms with Crippen molar-refractivity contribution in [1.29, 1.82) is 0 Å². The van der Waals surface area contributed by atoms with Crippen LogP contribution in [0.3, 0.4) is 0 Å². The predicted molar refractivity (Wildman–Crippen MR) is 116 cm³/mol. The number of thioether (sulfide) groups is 1. The Morgan fingerprint density at radius 3 is 2.63 bits per heavy atom. The number of hydrogen-bond donors (Lipinski definition) is 3. The van der Waals surface area contributed by atoms with Gasteiger partial charge < -0.3 is 25.7 Å². The smallest absolute Gasteiger partial charge is 0.353 e. The number of rotatable bonds is 6. The highest BCUT2D eigenvalue weighted by atomic mass is 32.2. The summed E-state index contributed by atoms with van der Waals surface area (Å²) < 4.78 is 0. The largest absolute Gasteiger partial charge is 0.477 e. The van der Waals surface area contributed by atoms with Gasteiger partial charge in [0.15, 0.2) is 0 Å². The molecule has 9 heteroatoms. The molecular formula is C21H32N4O4S. The third kappa shape index (κ3) is 3.87. The zero-order chi connectivity index (χ0) is 21.6. The molecule has 0 aromatic heterocycles. The van der Waals surface area contributed by atoms with Crippen LogP contribution in [0.4, 0.5) is 0 Å². The number of hydrogen-bond acceptors (Lipinski definition) is 7. The number of nitrogens with zero attached hydrogens (tertiary/aromatic N) is 3. The van der Waals surface area contributed by atoms with Crippen molar-refractivity contribution in [3.63, 3.8) is 0 Å². The summed E-state index contributed by atoms with van der Waals surface area (Å²) in [6.07, 6.45) is 3.22. The maximum absolute atomic E-state index is 12.5. The van der Waals surface area contributed by atoms with Gasteiger partial charge in [-0.3, -0.25) is 9.79 Å². The zero-order valence-electron chi connectivity index (χ0n) is 17.7. The van der Waals surface area contributed by atoms with Gasteiger partial charge in [-0.15, -0.1) is 11.8 Å². The van der Waals surface area contributed by atoms with Crippen molar-refractivity contribution in [3.8, 4) is 0 Å². The molecule has 4 N–H and O–H groups in total. The molecule has 4 rings (SSSR count). The molecule has 1 unspecified atom stereocenters. The Labute approximate surface area is 181 Å². The first kappa shape index (κ1) is 21.6. The lowest BCUT2D eigenvalue weighted by Crippen LogP contribution is -2.63. The Hall–Kier alpha value is -1.58. The summed E-state index contributed by atoms with van der Waals surface area (Å²) in [6.45, 7) is 7.47. The summed E-state index contributed by atoms with van der Waals surface area (Å²) in [5.74, 6) is -0.510. The average molecular weight is 437 g/mol. The van der Waals surface area contributed by atoms with E-state index in [9.17, 15) is 19.8 Å². The standard InChI is InChI=1S/C21H32N4O4S/c1-11-17-16(12(2)26)20(27)25(17)18(21(28)29)19(11)30-14-4-7-24(8-5-14)10-13-3-6-23-15(22)9-13/h11-14,16-17,26H,3-10H2,1-2H3,(H2,22,23)(H,28,29)/t11-,12-,13?,16-,17-/m1/s1. The molecule has 2 fully saturated rings. The molecule has 2 saturated heterocycles. The van der Waals surface area contributed by atoms with Crippen molar-refractivity contribution < 1.29 is 19.8 Å². The summed E-state index contributed by atoms with van der Waals surface area (Å²) in [7, 11) is 0. The molecule has 5 atom stereocenters. The van der Waals surface area contributed by atoms with Crippen LogP contribution in [-0.4, -0.2) is 81.3 Å². The number of aliphatic hydroxyl groups is 1. The third-order valence-electron chi connectivity index (χ3n) is 7.01. The van der Waals surface area contributed by atoms with Gasteiger partial charge in [-0.25, -0.2) is 4.79 Å². The minimum Gasteiger partial charge on any atom is -0.477 e.